The van der Waals surface area contributed by atoms with Gasteiger partial charge < -0.3 is 4.74 Å². The highest BCUT2D eigenvalue weighted by atomic mass is 19.1. The second-order valence-electron chi connectivity index (χ2n) is 7.24. The molecule has 2 aromatic heterocycles. The summed E-state index contributed by atoms with van der Waals surface area (Å²) in [6.07, 6.45) is 2.34. The average Bonchev–Trinajstić information content (AvgIpc) is 3.21. The van der Waals surface area contributed by atoms with Gasteiger partial charge in [0.05, 0.1) is 24.5 Å². The second-order valence-corrected chi connectivity index (χ2v) is 7.24. The largest absolute Gasteiger partial charge is 0.481 e. The fourth-order valence-electron chi connectivity index (χ4n) is 3.64. The number of rotatable bonds is 5. The number of aromatic nitrogens is 3. The van der Waals surface area contributed by atoms with Gasteiger partial charge in [0.2, 0.25) is 5.88 Å². The number of benzene rings is 1. The number of halogens is 1. The fraction of sp³-hybridized carbons (Fsp3) is 0.286. The van der Waals surface area contributed by atoms with E-state index >= 15 is 0 Å². The number of amides is 1. The molecule has 0 bridgehead atoms. The van der Waals surface area contributed by atoms with Crippen LogP contribution in [0, 0.1) is 11.7 Å². The molecule has 28 heavy (non-hydrogen) atoms. The summed E-state index contributed by atoms with van der Waals surface area (Å²) in [5.41, 5.74) is 3.65. The SMILES string of the molecule is COc1cc(N2C(=O)c3[nH]nc(CC(C)C)c3C2c2ccc(F)cc2)ccn1. The van der Waals surface area contributed by atoms with E-state index in [2.05, 4.69) is 29.0 Å². The number of nitrogens with one attached hydrogen (secondary N) is 1. The van der Waals surface area contributed by atoms with Gasteiger partial charge in [-0.1, -0.05) is 26.0 Å². The lowest BCUT2D eigenvalue weighted by molar-refractivity contribution is 0.0988. The monoisotopic (exact) mass is 380 g/mol. The maximum atomic E-state index is 13.5. The van der Waals surface area contributed by atoms with Crippen LogP contribution in [0.5, 0.6) is 5.88 Å². The van der Waals surface area contributed by atoms with Gasteiger partial charge in [0.15, 0.2) is 0 Å². The quantitative estimate of drug-likeness (QED) is 0.729. The molecule has 144 valence electrons. The minimum Gasteiger partial charge on any atom is -0.481 e. The summed E-state index contributed by atoms with van der Waals surface area (Å²) in [5.74, 6) is 0.297. The van der Waals surface area contributed by atoms with Crippen LogP contribution in [0.3, 0.4) is 0 Å². The van der Waals surface area contributed by atoms with E-state index in [-0.39, 0.29) is 11.7 Å². The summed E-state index contributed by atoms with van der Waals surface area (Å²) in [6.45, 7) is 4.21. The van der Waals surface area contributed by atoms with Crippen LogP contribution in [0.15, 0.2) is 42.6 Å². The lowest BCUT2D eigenvalue weighted by atomic mass is 9.95. The third-order valence-electron chi connectivity index (χ3n) is 4.84. The topological polar surface area (TPSA) is 71.1 Å². The Labute approximate surface area is 162 Å². The van der Waals surface area contributed by atoms with E-state index in [4.69, 9.17) is 4.74 Å². The van der Waals surface area contributed by atoms with Gasteiger partial charge >= 0.3 is 0 Å². The van der Waals surface area contributed by atoms with Crippen molar-refractivity contribution in [2.24, 2.45) is 5.92 Å². The number of aromatic amines is 1. The van der Waals surface area contributed by atoms with Crippen molar-refractivity contribution < 1.29 is 13.9 Å². The molecule has 4 rings (SSSR count). The lowest BCUT2D eigenvalue weighted by Crippen LogP contribution is -2.29. The maximum absolute atomic E-state index is 13.5. The van der Waals surface area contributed by atoms with Crippen LogP contribution in [-0.4, -0.2) is 28.2 Å². The van der Waals surface area contributed by atoms with Crippen molar-refractivity contribution in [2.45, 2.75) is 26.3 Å². The van der Waals surface area contributed by atoms with E-state index in [0.717, 1.165) is 23.2 Å². The molecule has 1 aliphatic heterocycles. The number of carbonyl (C=O) groups excluding carboxylic acids is 1. The van der Waals surface area contributed by atoms with E-state index in [0.29, 0.717) is 23.2 Å². The number of anilines is 1. The number of nitrogens with zero attached hydrogens (tertiary/aromatic N) is 3. The molecular formula is C21H21FN4O2. The number of H-pyrrole nitrogens is 1. The number of pyridine rings is 1. The first kappa shape index (κ1) is 18.2. The minimum atomic E-state index is -0.400. The van der Waals surface area contributed by atoms with Gasteiger partial charge in [-0.05, 0) is 36.1 Å². The number of ether oxygens (including phenoxy) is 1. The van der Waals surface area contributed by atoms with Gasteiger partial charge in [-0.25, -0.2) is 9.37 Å². The smallest absolute Gasteiger partial charge is 0.277 e. The predicted molar refractivity (Wildman–Crippen MR) is 103 cm³/mol. The van der Waals surface area contributed by atoms with Gasteiger partial charge in [-0.15, -0.1) is 0 Å². The zero-order chi connectivity index (χ0) is 19.8. The minimum absolute atomic E-state index is 0.180. The van der Waals surface area contributed by atoms with Crippen LogP contribution in [0.1, 0.15) is 47.2 Å². The van der Waals surface area contributed by atoms with E-state index in [1.807, 2.05) is 0 Å². The molecule has 1 atom stereocenters. The first-order valence-corrected chi connectivity index (χ1v) is 9.15. The molecule has 0 radical (unpaired) electrons. The molecule has 0 aliphatic carbocycles. The number of fused-ring (bicyclic) bond motifs is 1. The highest BCUT2D eigenvalue weighted by molar-refractivity contribution is 6.10. The third kappa shape index (κ3) is 3.02. The number of hydrogen-bond donors (Lipinski definition) is 1. The van der Waals surface area contributed by atoms with Crippen LogP contribution in [-0.2, 0) is 6.42 Å². The summed E-state index contributed by atoms with van der Waals surface area (Å²) in [5, 5.41) is 7.32. The molecule has 0 saturated carbocycles. The van der Waals surface area contributed by atoms with Crippen molar-refractivity contribution >= 4 is 11.6 Å². The predicted octanol–water partition coefficient (Wildman–Crippen LogP) is 3.90. The Kier molecular flexibility index (Phi) is 4.58. The standard InChI is InChI=1S/C21H21FN4O2/c1-12(2)10-16-18-19(25-24-16)21(27)26(15-8-9-23-17(11-15)28-3)20(18)13-4-6-14(22)7-5-13/h4-9,11-12,20H,10H2,1-3H3,(H,24,25). The number of methoxy groups -OCH3 is 1. The van der Waals surface area contributed by atoms with Gasteiger partial charge in [-0.2, -0.15) is 5.10 Å². The maximum Gasteiger partial charge on any atom is 0.277 e. The van der Waals surface area contributed by atoms with Crippen molar-refractivity contribution in [1.29, 1.82) is 0 Å². The number of carbonyl (C=O) groups is 1. The Balaban J connectivity index is 1.88. The molecule has 1 amide bonds. The highest BCUT2D eigenvalue weighted by Gasteiger charge is 2.42. The normalized spacial score (nSPS) is 16.0. The summed E-state index contributed by atoms with van der Waals surface area (Å²) in [6, 6.07) is 9.31. The summed E-state index contributed by atoms with van der Waals surface area (Å²) < 4.78 is 18.8. The Morgan fingerprint density at radius 2 is 2.00 bits per heavy atom. The van der Waals surface area contributed by atoms with Crippen molar-refractivity contribution in [3.05, 3.63) is 70.9 Å². The summed E-state index contributed by atoms with van der Waals surface area (Å²) in [4.78, 5) is 19.1. The van der Waals surface area contributed by atoms with Gasteiger partial charge in [0, 0.05) is 17.8 Å². The molecule has 1 aliphatic rings. The Bertz CT molecular complexity index is 1010. The molecular weight excluding hydrogens is 359 g/mol. The summed E-state index contributed by atoms with van der Waals surface area (Å²) >= 11 is 0. The van der Waals surface area contributed by atoms with Crippen molar-refractivity contribution in [2.75, 3.05) is 12.0 Å². The van der Waals surface area contributed by atoms with Gasteiger partial charge in [0.1, 0.15) is 11.5 Å². The van der Waals surface area contributed by atoms with E-state index in [1.165, 1.54) is 19.2 Å². The van der Waals surface area contributed by atoms with Crippen LogP contribution in [0.25, 0.3) is 0 Å². The van der Waals surface area contributed by atoms with E-state index in [1.54, 1.807) is 35.4 Å². The Morgan fingerprint density at radius 3 is 2.68 bits per heavy atom. The molecule has 3 aromatic rings. The van der Waals surface area contributed by atoms with Crippen molar-refractivity contribution in [3.8, 4) is 5.88 Å². The van der Waals surface area contributed by atoms with Crippen LogP contribution >= 0.6 is 0 Å². The molecule has 7 heteroatoms. The van der Waals surface area contributed by atoms with E-state index in [9.17, 15) is 9.18 Å². The van der Waals surface area contributed by atoms with Crippen LogP contribution in [0.4, 0.5) is 10.1 Å². The van der Waals surface area contributed by atoms with Gasteiger partial charge in [-0.3, -0.25) is 14.8 Å². The molecule has 3 heterocycles. The van der Waals surface area contributed by atoms with Crippen LogP contribution < -0.4 is 9.64 Å². The number of hydrogen-bond acceptors (Lipinski definition) is 4. The average molecular weight is 380 g/mol. The molecule has 0 saturated heterocycles. The molecule has 1 N–H and O–H groups in total. The third-order valence-corrected chi connectivity index (χ3v) is 4.84. The van der Waals surface area contributed by atoms with E-state index < -0.39 is 6.04 Å². The molecule has 0 fully saturated rings. The lowest BCUT2D eigenvalue weighted by Gasteiger charge is -2.26. The van der Waals surface area contributed by atoms with Gasteiger partial charge in [0.25, 0.3) is 5.91 Å². The molecule has 1 aromatic carbocycles. The van der Waals surface area contributed by atoms with Crippen molar-refractivity contribution in [3.63, 3.8) is 0 Å². The molecule has 0 spiro atoms. The zero-order valence-corrected chi connectivity index (χ0v) is 15.9. The Hall–Kier alpha value is -3.22. The Morgan fingerprint density at radius 1 is 1.25 bits per heavy atom. The van der Waals surface area contributed by atoms with Crippen molar-refractivity contribution in [1.82, 2.24) is 15.2 Å². The molecule has 1 unspecified atom stereocenters. The second kappa shape index (κ2) is 7.07. The zero-order valence-electron chi connectivity index (χ0n) is 15.9. The summed E-state index contributed by atoms with van der Waals surface area (Å²) in [7, 11) is 1.53. The first-order valence-electron chi connectivity index (χ1n) is 9.15. The van der Waals surface area contributed by atoms with Crippen LogP contribution in [0.2, 0.25) is 0 Å². The molecule has 6 nitrogen and oxygen atoms in total. The highest BCUT2D eigenvalue weighted by Crippen LogP contribution is 2.43. The first-order chi connectivity index (χ1) is 13.5. The fourth-order valence-corrected chi connectivity index (χ4v) is 3.64.